The van der Waals surface area contributed by atoms with Crippen LogP contribution in [-0.4, -0.2) is 36.1 Å². The largest absolute Gasteiger partial charge is 0.477 e. The minimum Gasteiger partial charge on any atom is -0.477 e. The molecule has 130 valence electrons. The molecule has 0 atom stereocenters. The molecule has 1 fully saturated rings. The standard InChI is InChI=1S/C19H25ClN2OS/c1-2-17-18(23-14-6-13-22-11-4-3-5-12-22)21-19(24-17)15-7-9-16(20)10-8-15/h7-10H,2-6,11-14H2,1H3. The van der Waals surface area contributed by atoms with Crippen LogP contribution in [0.2, 0.25) is 5.02 Å². The van der Waals surface area contributed by atoms with Gasteiger partial charge < -0.3 is 9.64 Å². The van der Waals surface area contributed by atoms with E-state index in [0.29, 0.717) is 0 Å². The third kappa shape index (κ3) is 4.71. The minimum atomic E-state index is 0.743. The van der Waals surface area contributed by atoms with Gasteiger partial charge in [0.1, 0.15) is 5.01 Å². The van der Waals surface area contributed by atoms with Crippen molar-refractivity contribution in [2.45, 2.75) is 39.0 Å². The zero-order valence-corrected chi connectivity index (χ0v) is 15.8. The highest BCUT2D eigenvalue weighted by Gasteiger charge is 2.13. The Morgan fingerprint density at radius 2 is 1.92 bits per heavy atom. The van der Waals surface area contributed by atoms with Crippen LogP contribution in [0.5, 0.6) is 5.88 Å². The third-order valence-electron chi connectivity index (χ3n) is 4.38. The van der Waals surface area contributed by atoms with E-state index in [0.717, 1.165) is 47.5 Å². The Kier molecular flexibility index (Phi) is 6.52. The number of ether oxygens (including phenoxy) is 1. The van der Waals surface area contributed by atoms with Crippen LogP contribution in [-0.2, 0) is 6.42 Å². The van der Waals surface area contributed by atoms with Crippen LogP contribution in [0.25, 0.3) is 10.6 Å². The molecule has 0 N–H and O–H groups in total. The number of thiazole rings is 1. The molecule has 1 aliphatic rings. The number of benzene rings is 1. The maximum absolute atomic E-state index is 5.99. The summed E-state index contributed by atoms with van der Waals surface area (Å²) in [5.41, 5.74) is 1.10. The van der Waals surface area contributed by atoms with Crippen LogP contribution in [0.15, 0.2) is 24.3 Å². The van der Waals surface area contributed by atoms with Gasteiger partial charge in [0.25, 0.3) is 0 Å². The summed E-state index contributed by atoms with van der Waals surface area (Å²) in [5, 5.41) is 1.76. The Morgan fingerprint density at radius 3 is 2.62 bits per heavy atom. The van der Waals surface area contributed by atoms with Crippen molar-refractivity contribution >= 4 is 22.9 Å². The Morgan fingerprint density at radius 1 is 1.17 bits per heavy atom. The highest BCUT2D eigenvalue weighted by molar-refractivity contribution is 7.15. The molecule has 3 rings (SSSR count). The van der Waals surface area contributed by atoms with Gasteiger partial charge in [0, 0.05) is 17.1 Å². The number of aryl methyl sites for hydroxylation is 1. The van der Waals surface area contributed by atoms with Gasteiger partial charge in [-0.2, -0.15) is 0 Å². The lowest BCUT2D eigenvalue weighted by molar-refractivity contribution is 0.203. The lowest BCUT2D eigenvalue weighted by atomic mass is 10.1. The van der Waals surface area contributed by atoms with E-state index in [1.54, 1.807) is 11.3 Å². The SMILES string of the molecule is CCc1sc(-c2ccc(Cl)cc2)nc1OCCCN1CCCCC1. The van der Waals surface area contributed by atoms with Crippen molar-refractivity contribution in [1.29, 1.82) is 0 Å². The molecule has 1 aromatic carbocycles. The molecule has 1 aromatic heterocycles. The molecule has 1 saturated heterocycles. The van der Waals surface area contributed by atoms with E-state index < -0.39 is 0 Å². The summed E-state index contributed by atoms with van der Waals surface area (Å²) in [7, 11) is 0. The fraction of sp³-hybridized carbons (Fsp3) is 0.526. The molecule has 1 aliphatic heterocycles. The van der Waals surface area contributed by atoms with E-state index >= 15 is 0 Å². The predicted octanol–water partition coefficient (Wildman–Crippen LogP) is 5.28. The molecule has 2 aromatic rings. The van der Waals surface area contributed by atoms with Crippen molar-refractivity contribution in [1.82, 2.24) is 9.88 Å². The second-order valence-electron chi connectivity index (χ2n) is 6.21. The topological polar surface area (TPSA) is 25.4 Å². The smallest absolute Gasteiger partial charge is 0.228 e. The first-order valence-electron chi connectivity index (χ1n) is 8.87. The summed E-state index contributed by atoms with van der Waals surface area (Å²) in [6, 6.07) is 7.84. The van der Waals surface area contributed by atoms with E-state index in [-0.39, 0.29) is 0 Å². The van der Waals surface area contributed by atoms with Crippen molar-refractivity contribution in [3.05, 3.63) is 34.2 Å². The van der Waals surface area contributed by atoms with Crippen LogP contribution < -0.4 is 4.74 Å². The van der Waals surface area contributed by atoms with Gasteiger partial charge >= 0.3 is 0 Å². The van der Waals surface area contributed by atoms with Crippen LogP contribution >= 0.6 is 22.9 Å². The number of piperidine rings is 1. The van der Waals surface area contributed by atoms with Gasteiger partial charge in [0.2, 0.25) is 5.88 Å². The van der Waals surface area contributed by atoms with Gasteiger partial charge in [-0.05, 0) is 50.9 Å². The first-order valence-corrected chi connectivity index (χ1v) is 10.1. The fourth-order valence-electron chi connectivity index (χ4n) is 3.03. The average molecular weight is 365 g/mol. The zero-order chi connectivity index (χ0) is 16.8. The normalized spacial score (nSPS) is 15.6. The Balaban J connectivity index is 1.55. The molecule has 3 nitrogen and oxygen atoms in total. The van der Waals surface area contributed by atoms with E-state index in [4.69, 9.17) is 21.3 Å². The molecule has 0 amide bonds. The molecule has 0 aliphatic carbocycles. The quantitative estimate of drug-likeness (QED) is 0.625. The Bertz CT molecular complexity index is 635. The monoisotopic (exact) mass is 364 g/mol. The summed E-state index contributed by atoms with van der Waals surface area (Å²) in [5.74, 6) is 0.811. The van der Waals surface area contributed by atoms with Gasteiger partial charge in [-0.25, -0.2) is 4.98 Å². The van der Waals surface area contributed by atoms with E-state index in [9.17, 15) is 0 Å². The molecule has 24 heavy (non-hydrogen) atoms. The maximum Gasteiger partial charge on any atom is 0.228 e. The van der Waals surface area contributed by atoms with Crippen LogP contribution in [0, 0.1) is 0 Å². The highest BCUT2D eigenvalue weighted by Crippen LogP contribution is 2.33. The predicted molar refractivity (Wildman–Crippen MR) is 102 cm³/mol. The third-order valence-corrected chi connectivity index (χ3v) is 5.86. The number of hydrogen-bond acceptors (Lipinski definition) is 4. The number of hydrogen-bond donors (Lipinski definition) is 0. The number of likely N-dealkylation sites (tertiary alicyclic amines) is 1. The van der Waals surface area contributed by atoms with Crippen molar-refractivity contribution < 1.29 is 4.74 Å². The Hall–Kier alpha value is -1.10. The molecular weight excluding hydrogens is 340 g/mol. The van der Waals surface area contributed by atoms with Gasteiger partial charge in [-0.3, -0.25) is 0 Å². The maximum atomic E-state index is 5.99. The van der Waals surface area contributed by atoms with Gasteiger partial charge in [-0.15, -0.1) is 11.3 Å². The molecule has 0 saturated carbocycles. The molecule has 0 unspecified atom stereocenters. The van der Waals surface area contributed by atoms with Crippen molar-refractivity contribution in [2.24, 2.45) is 0 Å². The molecule has 0 spiro atoms. The first-order chi connectivity index (χ1) is 11.8. The number of nitrogens with zero attached hydrogens (tertiary/aromatic N) is 2. The summed E-state index contributed by atoms with van der Waals surface area (Å²) in [4.78, 5) is 8.47. The van der Waals surface area contributed by atoms with Crippen LogP contribution in [0.1, 0.15) is 37.5 Å². The number of halogens is 1. The zero-order valence-electron chi connectivity index (χ0n) is 14.3. The lowest BCUT2D eigenvalue weighted by Crippen LogP contribution is -2.31. The van der Waals surface area contributed by atoms with E-state index in [2.05, 4.69) is 11.8 Å². The van der Waals surface area contributed by atoms with E-state index in [1.807, 2.05) is 24.3 Å². The average Bonchev–Trinajstić information content (AvgIpc) is 3.03. The van der Waals surface area contributed by atoms with Crippen molar-refractivity contribution in [2.75, 3.05) is 26.2 Å². The second-order valence-corrected chi connectivity index (χ2v) is 7.73. The molecule has 0 radical (unpaired) electrons. The Labute approximate surface area is 153 Å². The molecular formula is C19H25ClN2OS. The van der Waals surface area contributed by atoms with E-state index in [1.165, 1.54) is 37.2 Å². The second kappa shape index (κ2) is 8.84. The van der Waals surface area contributed by atoms with Crippen molar-refractivity contribution in [3.8, 4) is 16.5 Å². The lowest BCUT2D eigenvalue weighted by Gasteiger charge is -2.26. The van der Waals surface area contributed by atoms with Crippen LogP contribution in [0.4, 0.5) is 0 Å². The molecule has 2 heterocycles. The van der Waals surface area contributed by atoms with Gasteiger partial charge in [0.15, 0.2) is 0 Å². The minimum absolute atomic E-state index is 0.743. The van der Waals surface area contributed by atoms with Crippen molar-refractivity contribution in [3.63, 3.8) is 0 Å². The summed E-state index contributed by atoms with van der Waals surface area (Å²) >= 11 is 7.68. The van der Waals surface area contributed by atoms with Crippen LogP contribution in [0.3, 0.4) is 0 Å². The number of aromatic nitrogens is 1. The first kappa shape index (κ1) is 17.7. The highest BCUT2D eigenvalue weighted by atomic mass is 35.5. The van der Waals surface area contributed by atoms with Gasteiger partial charge in [0.05, 0.1) is 11.5 Å². The summed E-state index contributed by atoms with van der Waals surface area (Å²) < 4.78 is 5.99. The molecule has 5 heteroatoms. The fourth-order valence-corrected chi connectivity index (χ4v) is 4.11. The number of rotatable bonds is 7. The summed E-state index contributed by atoms with van der Waals surface area (Å²) in [6.07, 6.45) is 6.09. The van der Waals surface area contributed by atoms with Gasteiger partial charge in [-0.1, -0.05) is 37.1 Å². The summed E-state index contributed by atoms with van der Waals surface area (Å²) in [6.45, 7) is 6.53. The molecule has 0 bridgehead atoms.